The SMILES string of the molecule is O=C(C1CCN(c2nc3ccc(-c4cncnc4)nc3s2)CC1)N1CCCCC1. The minimum absolute atomic E-state index is 0.168. The Kier molecular flexibility index (Phi) is 5.10. The maximum absolute atomic E-state index is 12.8. The molecule has 2 fully saturated rings. The third-order valence-corrected chi connectivity index (χ3v) is 6.91. The molecule has 0 atom stereocenters. The smallest absolute Gasteiger partial charge is 0.225 e. The van der Waals surface area contributed by atoms with Gasteiger partial charge in [-0.3, -0.25) is 4.79 Å². The Bertz CT molecular complexity index is 993. The first kappa shape index (κ1) is 18.4. The fourth-order valence-corrected chi connectivity index (χ4v) is 5.21. The average Bonchev–Trinajstić information content (AvgIpc) is 3.23. The molecule has 5 heterocycles. The monoisotopic (exact) mass is 408 g/mol. The fraction of sp³-hybridized carbons (Fsp3) is 0.476. The first-order valence-electron chi connectivity index (χ1n) is 10.3. The molecule has 0 unspecified atom stereocenters. The third-order valence-electron chi connectivity index (χ3n) is 5.88. The summed E-state index contributed by atoms with van der Waals surface area (Å²) in [5.41, 5.74) is 2.68. The Morgan fingerprint density at radius 1 is 0.966 bits per heavy atom. The molecule has 0 N–H and O–H groups in total. The van der Waals surface area contributed by atoms with E-state index in [4.69, 9.17) is 9.97 Å². The van der Waals surface area contributed by atoms with Crippen molar-refractivity contribution in [2.24, 2.45) is 5.92 Å². The van der Waals surface area contributed by atoms with Gasteiger partial charge in [-0.2, -0.15) is 0 Å². The van der Waals surface area contributed by atoms with Crippen molar-refractivity contribution in [2.75, 3.05) is 31.1 Å². The van der Waals surface area contributed by atoms with Gasteiger partial charge in [-0.05, 0) is 44.2 Å². The van der Waals surface area contributed by atoms with Crippen molar-refractivity contribution < 1.29 is 4.79 Å². The maximum Gasteiger partial charge on any atom is 0.225 e. The van der Waals surface area contributed by atoms with Crippen molar-refractivity contribution in [2.45, 2.75) is 32.1 Å². The van der Waals surface area contributed by atoms with E-state index in [1.807, 2.05) is 12.1 Å². The van der Waals surface area contributed by atoms with E-state index in [0.29, 0.717) is 5.91 Å². The van der Waals surface area contributed by atoms with E-state index in [1.165, 1.54) is 12.7 Å². The first-order valence-corrected chi connectivity index (χ1v) is 11.2. The second-order valence-corrected chi connectivity index (χ2v) is 8.75. The van der Waals surface area contributed by atoms with E-state index in [0.717, 1.165) is 78.6 Å². The molecule has 2 aliphatic heterocycles. The second-order valence-electron chi connectivity index (χ2n) is 7.79. The van der Waals surface area contributed by atoms with Gasteiger partial charge >= 0.3 is 0 Å². The van der Waals surface area contributed by atoms with Gasteiger partial charge in [-0.25, -0.2) is 19.9 Å². The summed E-state index contributed by atoms with van der Waals surface area (Å²) in [6.45, 7) is 3.64. The molecule has 0 radical (unpaired) electrons. The van der Waals surface area contributed by atoms with E-state index in [9.17, 15) is 4.79 Å². The molecule has 150 valence electrons. The van der Waals surface area contributed by atoms with Crippen LogP contribution in [0.4, 0.5) is 5.13 Å². The summed E-state index contributed by atoms with van der Waals surface area (Å²) in [6, 6.07) is 3.98. The number of thiazole rings is 1. The molecule has 1 amide bonds. The lowest BCUT2D eigenvalue weighted by Crippen LogP contribution is -2.44. The predicted octanol–water partition coefficient (Wildman–Crippen LogP) is 3.38. The molecule has 0 aromatic carbocycles. The molecular weight excluding hydrogens is 384 g/mol. The van der Waals surface area contributed by atoms with Gasteiger partial charge in [0.1, 0.15) is 16.7 Å². The fourth-order valence-electron chi connectivity index (χ4n) is 4.22. The number of carbonyl (C=O) groups is 1. The molecule has 0 aliphatic carbocycles. The lowest BCUT2D eigenvalue weighted by atomic mass is 9.94. The van der Waals surface area contributed by atoms with Crippen molar-refractivity contribution in [1.29, 1.82) is 0 Å². The number of anilines is 1. The van der Waals surface area contributed by atoms with Crippen molar-refractivity contribution in [3.63, 3.8) is 0 Å². The lowest BCUT2D eigenvalue weighted by Gasteiger charge is -2.35. The van der Waals surface area contributed by atoms with Crippen LogP contribution in [-0.4, -0.2) is 56.9 Å². The largest absolute Gasteiger partial charge is 0.348 e. The zero-order valence-corrected chi connectivity index (χ0v) is 17.1. The van der Waals surface area contributed by atoms with E-state index < -0.39 is 0 Å². The molecule has 5 rings (SSSR count). The van der Waals surface area contributed by atoms with Crippen molar-refractivity contribution in [3.8, 4) is 11.3 Å². The third kappa shape index (κ3) is 3.81. The van der Waals surface area contributed by atoms with Crippen molar-refractivity contribution in [3.05, 3.63) is 30.9 Å². The molecule has 29 heavy (non-hydrogen) atoms. The normalized spacial score (nSPS) is 18.3. The summed E-state index contributed by atoms with van der Waals surface area (Å²) in [7, 11) is 0. The van der Waals surface area contributed by atoms with Crippen molar-refractivity contribution >= 4 is 32.7 Å². The summed E-state index contributed by atoms with van der Waals surface area (Å²) in [5.74, 6) is 0.534. The summed E-state index contributed by atoms with van der Waals surface area (Å²) < 4.78 is 0. The Morgan fingerprint density at radius 3 is 2.48 bits per heavy atom. The number of carbonyl (C=O) groups excluding carboxylic acids is 1. The molecule has 0 spiro atoms. The number of aromatic nitrogens is 4. The topological polar surface area (TPSA) is 75.1 Å². The van der Waals surface area contributed by atoms with Crippen LogP contribution in [0.5, 0.6) is 0 Å². The number of hydrogen-bond acceptors (Lipinski definition) is 7. The number of hydrogen-bond donors (Lipinski definition) is 0. The number of likely N-dealkylation sites (tertiary alicyclic amines) is 1. The summed E-state index contributed by atoms with van der Waals surface area (Å²) in [6.07, 6.45) is 10.4. The highest BCUT2D eigenvalue weighted by Crippen LogP contribution is 2.32. The Labute approximate surface area is 173 Å². The quantitative estimate of drug-likeness (QED) is 0.661. The van der Waals surface area contributed by atoms with E-state index in [1.54, 1.807) is 23.7 Å². The van der Waals surface area contributed by atoms with Gasteiger partial charge in [0.2, 0.25) is 5.91 Å². The first-order chi connectivity index (χ1) is 14.3. The molecule has 8 heteroatoms. The van der Waals surface area contributed by atoms with Crippen LogP contribution in [0.15, 0.2) is 30.9 Å². The summed E-state index contributed by atoms with van der Waals surface area (Å²) in [5, 5.41) is 0.998. The van der Waals surface area contributed by atoms with Crippen molar-refractivity contribution in [1.82, 2.24) is 24.8 Å². The van der Waals surface area contributed by atoms with Gasteiger partial charge < -0.3 is 9.80 Å². The van der Waals surface area contributed by atoms with E-state index in [-0.39, 0.29) is 5.92 Å². The van der Waals surface area contributed by atoms with Crippen LogP contribution >= 0.6 is 11.3 Å². The predicted molar refractivity (Wildman–Crippen MR) is 114 cm³/mol. The number of piperidine rings is 2. The van der Waals surface area contributed by atoms with Gasteiger partial charge in [-0.1, -0.05) is 11.3 Å². The molecular formula is C21H24N6OS. The van der Waals surface area contributed by atoms with Gasteiger partial charge in [0.25, 0.3) is 0 Å². The standard InChI is InChI=1S/C21H24N6OS/c28-20(26-8-2-1-3-9-26)15-6-10-27(11-7-15)21-25-18-5-4-17(24-19(18)29-21)16-12-22-14-23-13-16/h4-5,12-15H,1-3,6-11H2. The van der Waals surface area contributed by atoms with Crippen LogP contribution in [0.25, 0.3) is 21.6 Å². The van der Waals surface area contributed by atoms with Crippen LogP contribution < -0.4 is 4.90 Å². The number of fused-ring (bicyclic) bond motifs is 1. The molecule has 0 saturated carbocycles. The van der Waals surface area contributed by atoms with Crippen LogP contribution in [0, 0.1) is 5.92 Å². The zero-order chi connectivity index (χ0) is 19.6. The van der Waals surface area contributed by atoms with Gasteiger partial charge in [-0.15, -0.1) is 0 Å². The number of rotatable bonds is 3. The van der Waals surface area contributed by atoms with Gasteiger partial charge in [0.15, 0.2) is 5.13 Å². The van der Waals surface area contributed by atoms with Crippen LogP contribution in [0.2, 0.25) is 0 Å². The number of amides is 1. The molecule has 2 saturated heterocycles. The number of nitrogens with zero attached hydrogens (tertiary/aromatic N) is 6. The van der Waals surface area contributed by atoms with Crippen LogP contribution in [0.1, 0.15) is 32.1 Å². The van der Waals surface area contributed by atoms with Crippen LogP contribution in [0.3, 0.4) is 0 Å². The Hall–Kier alpha value is -2.61. The second kappa shape index (κ2) is 8.02. The molecule has 7 nitrogen and oxygen atoms in total. The minimum atomic E-state index is 0.168. The highest BCUT2D eigenvalue weighted by atomic mass is 32.1. The van der Waals surface area contributed by atoms with Gasteiger partial charge in [0.05, 0.1) is 5.69 Å². The van der Waals surface area contributed by atoms with E-state index in [2.05, 4.69) is 19.8 Å². The number of pyridine rings is 1. The maximum atomic E-state index is 12.8. The highest BCUT2D eigenvalue weighted by Gasteiger charge is 2.30. The zero-order valence-electron chi connectivity index (χ0n) is 16.3. The highest BCUT2D eigenvalue weighted by molar-refractivity contribution is 7.21. The van der Waals surface area contributed by atoms with Crippen LogP contribution in [-0.2, 0) is 4.79 Å². The van der Waals surface area contributed by atoms with E-state index >= 15 is 0 Å². The minimum Gasteiger partial charge on any atom is -0.348 e. The lowest BCUT2D eigenvalue weighted by molar-refractivity contribution is -0.137. The average molecular weight is 409 g/mol. The molecule has 3 aromatic rings. The Balaban J connectivity index is 1.27. The summed E-state index contributed by atoms with van der Waals surface area (Å²) in [4.78, 5) is 35.8. The molecule has 2 aliphatic rings. The van der Waals surface area contributed by atoms with Gasteiger partial charge in [0, 0.05) is 50.1 Å². The molecule has 0 bridgehead atoms. The summed E-state index contributed by atoms with van der Waals surface area (Å²) >= 11 is 1.62. The Morgan fingerprint density at radius 2 is 1.72 bits per heavy atom. The molecule has 3 aromatic heterocycles.